The molecule has 0 N–H and O–H groups in total. The van der Waals surface area contributed by atoms with E-state index in [4.69, 9.17) is 11.6 Å². The zero-order chi connectivity index (χ0) is 14.0. The third kappa shape index (κ3) is 3.14. The first-order valence-electron chi connectivity index (χ1n) is 5.35. The molecular formula is C12H11ClFNO2S2. The molecule has 0 saturated carbocycles. The fraction of sp³-hybridized carbons (Fsp3) is 0.167. The van der Waals surface area contributed by atoms with Crippen LogP contribution in [0.2, 0.25) is 5.02 Å². The van der Waals surface area contributed by atoms with E-state index in [1.165, 1.54) is 28.8 Å². The van der Waals surface area contributed by atoms with Gasteiger partial charge in [0.2, 0.25) is 10.0 Å². The number of hydrogen-bond donors (Lipinski definition) is 0. The smallest absolute Gasteiger partial charge is 0.207 e. The molecule has 0 aliphatic rings. The number of sulfonamides is 1. The zero-order valence-corrected chi connectivity index (χ0v) is 12.4. The van der Waals surface area contributed by atoms with Crippen molar-refractivity contribution >= 4 is 33.0 Å². The maximum absolute atomic E-state index is 13.1. The lowest BCUT2D eigenvalue weighted by Crippen LogP contribution is -2.26. The molecule has 0 spiro atoms. The Morgan fingerprint density at radius 3 is 2.68 bits per heavy atom. The van der Waals surface area contributed by atoms with Crippen LogP contribution < -0.4 is 0 Å². The molecule has 2 rings (SSSR count). The SMILES string of the molecule is CN(Cc1cccs1)S(=O)(=O)c1ccc(F)c(Cl)c1. The van der Waals surface area contributed by atoms with Crippen molar-refractivity contribution in [3.63, 3.8) is 0 Å². The highest BCUT2D eigenvalue weighted by Gasteiger charge is 2.22. The van der Waals surface area contributed by atoms with E-state index in [0.29, 0.717) is 0 Å². The Hall–Kier alpha value is -0.950. The largest absolute Gasteiger partial charge is 0.243 e. The van der Waals surface area contributed by atoms with Gasteiger partial charge in [0.25, 0.3) is 0 Å². The Morgan fingerprint density at radius 2 is 2.11 bits per heavy atom. The minimum absolute atomic E-state index is 0.0158. The summed E-state index contributed by atoms with van der Waals surface area (Å²) in [6.45, 7) is 0.273. The van der Waals surface area contributed by atoms with Gasteiger partial charge in [0.1, 0.15) is 5.82 Å². The van der Waals surface area contributed by atoms with Crippen LogP contribution in [0.25, 0.3) is 0 Å². The molecule has 0 saturated heterocycles. The normalized spacial score (nSPS) is 12.0. The summed E-state index contributed by atoms with van der Waals surface area (Å²) in [5.41, 5.74) is 0. The maximum atomic E-state index is 13.1. The molecule has 1 aromatic heterocycles. The first-order valence-corrected chi connectivity index (χ1v) is 8.05. The third-order valence-electron chi connectivity index (χ3n) is 2.56. The van der Waals surface area contributed by atoms with E-state index < -0.39 is 15.8 Å². The van der Waals surface area contributed by atoms with Crippen LogP contribution >= 0.6 is 22.9 Å². The zero-order valence-electron chi connectivity index (χ0n) is 10.0. The van der Waals surface area contributed by atoms with Gasteiger partial charge in [-0.25, -0.2) is 12.8 Å². The van der Waals surface area contributed by atoms with Gasteiger partial charge < -0.3 is 0 Å². The van der Waals surface area contributed by atoms with Crippen molar-refractivity contribution < 1.29 is 12.8 Å². The molecular weight excluding hydrogens is 309 g/mol. The van der Waals surface area contributed by atoms with Crippen molar-refractivity contribution in [1.29, 1.82) is 0 Å². The molecule has 3 nitrogen and oxygen atoms in total. The van der Waals surface area contributed by atoms with Gasteiger partial charge in [-0.2, -0.15) is 4.31 Å². The van der Waals surface area contributed by atoms with Crippen molar-refractivity contribution in [3.05, 3.63) is 51.4 Å². The predicted octanol–water partition coefficient (Wildman–Crippen LogP) is 3.36. The molecule has 0 atom stereocenters. The van der Waals surface area contributed by atoms with Crippen LogP contribution in [0.15, 0.2) is 40.6 Å². The van der Waals surface area contributed by atoms with Crippen molar-refractivity contribution in [1.82, 2.24) is 4.31 Å². The van der Waals surface area contributed by atoms with E-state index in [9.17, 15) is 12.8 Å². The van der Waals surface area contributed by atoms with E-state index in [1.54, 1.807) is 0 Å². The Balaban J connectivity index is 2.28. The predicted molar refractivity (Wildman–Crippen MR) is 74.4 cm³/mol. The second-order valence-corrected chi connectivity index (χ2v) is 7.40. The summed E-state index contributed by atoms with van der Waals surface area (Å²) in [6.07, 6.45) is 0. The van der Waals surface area contributed by atoms with Crippen molar-refractivity contribution in [2.24, 2.45) is 0 Å². The fourth-order valence-electron chi connectivity index (χ4n) is 1.52. The third-order valence-corrected chi connectivity index (χ3v) is 5.51. The number of rotatable bonds is 4. The number of nitrogens with zero attached hydrogens (tertiary/aromatic N) is 1. The lowest BCUT2D eigenvalue weighted by Gasteiger charge is -2.16. The van der Waals surface area contributed by atoms with Gasteiger partial charge in [0, 0.05) is 18.5 Å². The lowest BCUT2D eigenvalue weighted by atomic mass is 10.3. The minimum atomic E-state index is -3.67. The van der Waals surface area contributed by atoms with Crippen LogP contribution in [0.1, 0.15) is 4.88 Å². The van der Waals surface area contributed by atoms with Gasteiger partial charge in [-0.15, -0.1) is 11.3 Å². The van der Waals surface area contributed by atoms with Crippen LogP contribution in [-0.2, 0) is 16.6 Å². The minimum Gasteiger partial charge on any atom is -0.207 e. The molecule has 2 aromatic rings. The second-order valence-electron chi connectivity index (χ2n) is 3.92. The van der Waals surface area contributed by atoms with Gasteiger partial charge >= 0.3 is 0 Å². The molecule has 1 heterocycles. The molecule has 19 heavy (non-hydrogen) atoms. The number of hydrogen-bond acceptors (Lipinski definition) is 3. The molecule has 0 bridgehead atoms. The second kappa shape index (κ2) is 5.58. The summed E-state index contributed by atoms with van der Waals surface area (Å²) in [4.78, 5) is 0.914. The highest BCUT2D eigenvalue weighted by Crippen LogP contribution is 2.23. The molecule has 7 heteroatoms. The van der Waals surface area contributed by atoms with Gasteiger partial charge in [0.05, 0.1) is 9.92 Å². The van der Waals surface area contributed by atoms with Gasteiger partial charge in [-0.05, 0) is 29.6 Å². The number of halogens is 2. The summed E-state index contributed by atoms with van der Waals surface area (Å²) >= 11 is 7.09. The standard InChI is InChI=1S/C12H11ClFNO2S2/c1-15(8-9-3-2-6-18-9)19(16,17)10-4-5-12(14)11(13)7-10/h2-7H,8H2,1H3. The summed E-state index contributed by atoms with van der Waals surface area (Å²) in [6, 6.07) is 7.09. The molecule has 0 amide bonds. The topological polar surface area (TPSA) is 37.4 Å². The summed E-state index contributed by atoms with van der Waals surface area (Å²) in [5, 5.41) is 1.68. The van der Waals surface area contributed by atoms with Crippen LogP contribution in [-0.4, -0.2) is 19.8 Å². The Bertz CT molecular complexity index is 671. The van der Waals surface area contributed by atoms with Gasteiger partial charge in [0.15, 0.2) is 0 Å². The highest BCUT2D eigenvalue weighted by molar-refractivity contribution is 7.89. The fourth-order valence-corrected chi connectivity index (χ4v) is 3.78. The summed E-state index contributed by atoms with van der Waals surface area (Å²) in [5.74, 6) is -0.637. The van der Waals surface area contributed by atoms with Crippen LogP contribution in [0.5, 0.6) is 0 Å². The molecule has 0 fully saturated rings. The molecule has 0 aliphatic heterocycles. The molecule has 0 radical (unpaired) electrons. The van der Waals surface area contributed by atoms with E-state index in [2.05, 4.69) is 0 Å². The summed E-state index contributed by atoms with van der Waals surface area (Å²) in [7, 11) is -2.19. The highest BCUT2D eigenvalue weighted by atomic mass is 35.5. The quantitative estimate of drug-likeness (QED) is 0.866. The number of benzene rings is 1. The number of thiophene rings is 1. The van der Waals surface area contributed by atoms with Gasteiger partial charge in [-0.1, -0.05) is 17.7 Å². The van der Waals surface area contributed by atoms with E-state index in [1.807, 2.05) is 17.5 Å². The molecule has 1 aromatic carbocycles. The first kappa shape index (κ1) is 14.5. The average Bonchev–Trinajstić information content (AvgIpc) is 2.85. The first-order chi connectivity index (χ1) is 8.91. The maximum Gasteiger partial charge on any atom is 0.243 e. The monoisotopic (exact) mass is 319 g/mol. The van der Waals surface area contributed by atoms with Crippen molar-refractivity contribution in [2.75, 3.05) is 7.05 Å². The van der Waals surface area contributed by atoms with Crippen LogP contribution in [0, 0.1) is 5.82 Å². The van der Waals surface area contributed by atoms with E-state index in [0.717, 1.165) is 17.0 Å². The summed E-state index contributed by atoms with van der Waals surface area (Å²) < 4.78 is 38.8. The van der Waals surface area contributed by atoms with Crippen molar-refractivity contribution in [3.8, 4) is 0 Å². The molecule has 102 valence electrons. The molecule has 0 aliphatic carbocycles. The Morgan fingerprint density at radius 1 is 1.37 bits per heavy atom. The Labute approximate surface area is 120 Å². The van der Waals surface area contributed by atoms with E-state index in [-0.39, 0.29) is 16.5 Å². The Kier molecular flexibility index (Phi) is 4.25. The van der Waals surface area contributed by atoms with E-state index >= 15 is 0 Å². The van der Waals surface area contributed by atoms with Gasteiger partial charge in [-0.3, -0.25) is 0 Å². The van der Waals surface area contributed by atoms with Crippen molar-refractivity contribution in [2.45, 2.75) is 11.4 Å². The lowest BCUT2D eigenvalue weighted by molar-refractivity contribution is 0.469. The molecule has 0 unspecified atom stereocenters. The van der Waals surface area contributed by atoms with Crippen LogP contribution in [0.4, 0.5) is 4.39 Å². The van der Waals surface area contributed by atoms with Crippen LogP contribution in [0.3, 0.4) is 0 Å². The average molecular weight is 320 g/mol.